The smallest absolute Gasteiger partial charge is 0.192 e. The van der Waals surface area contributed by atoms with E-state index in [0.29, 0.717) is 23.9 Å². The summed E-state index contributed by atoms with van der Waals surface area (Å²) in [6, 6.07) is 6.50. The van der Waals surface area contributed by atoms with Crippen molar-refractivity contribution in [1.29, 1.82) is 0 Å². The molecule has 1 aromatic carbocycles. The highest BCUT2D eigenvalue weighted by Crippen LogP contribution is 2.51. The molecule has 152 valence electrons. The second kappa shape index (κ2) is 7.88. The van der Waals surface area contributed by atoms with E-state index < -0.39 is 8.32 Å². The van der Waals surface area contributed by atoms with E-state index in [1.807, 2.05) is 0 Å². The van der Waals surface area contributed by atoms with Gasteiger partial charge in [-0.3, -0.25) is 0 Å². The molecule has 0 aromatic heterocycles. The summed E-state index contributed by atoms with van der Waals surface area (Å²) in [5.74, 6) is 2.96. The van der Waals surface area contributed by atoms with Gasteiger partial charge in [0.05, 0.1) is 7.11 Å². The minimum absolute atomic E-state index is 0.231. The van der Waals surface area contributed by atoms with Crippen LogP contribution in [0.3, 0.4) is 0 Å². The van der Waals surface area contributed by atoms with E-state index in [4.69, 9.17) is 9.16 Å². The molecule has 3 rings (SSSR count). The lowest BCUT2D eigenvalue weighted by molar-refractivity contribution is 0.113. The normalized spacial score (nSPS) is 28.0. The molecular formula is C23H38O3Si. The van der Waals surface area contributed by atoms with Crippen LogP contribution in [0.25, 0.3) is 0 Å². The Kier molecular flexibility index (Phi) is 6.10. The summed E-state index contributed by atoms with van der Waals surface area (Å²) in [6.45, 7) is 12.0. The Labute approximate surface area is 166 Å². The van der Waals surface area contributed by atoms with Crippen molar-refractivity contribution in [3.8, 4) is 5.75 Å². The third kappa shape index (κ3) is 4.13. The molecule has 4 heteroatoms. The number of hydrogen-bond acceptors (Lipinski definition) is 3. The van der Waals surface area contributed by atoms with Gasteiger partial charge in [-0.1, -0.05) is 32.9 Å². The second-order valence-corrected chi connectivity index (χ2v) is 14.9. The van der Waals surface area contributed by atoms with Gasteiger partial charge in [0.2, 0.25) is 0 Å². The predicted octanol–water partition coefficient (Wildman–Crippen LogP) is 5.21. The molecule has 3 nitrogen and oxygen atoms in total. The standard InChI is InChI=1S/C23H38O3Si/c1-23(2,3)27(5,6)26-22-15-17-14-20-16(9-7-11-21(20)25-4)13-19(17)18(22)10-8-12-24/h7,9,11,17-19,22,24H,8,10,12-15H2,1-6H3/t17-,18+,19-,22+/m0/s1. The molecule has 2 aliphatic carbocycles. The first-order valence-electron chi connectivity index (χ1n) is 10.6. The first kappa shape index (κ1) is 20.9. The Hall–Kier alpha value is -0.843. The van der Waals surface area contributed by atoms with Crippen molar-refractivity contribution in [1.82, 2.24) is 0 Å². The fourth-order valence-corrected chi connectivity index (χ4v) is 6.37. The van der Waals surface area contributed by atoms with Crippen molar-refractivity contribution < 1.29 is 14.3 Å². The predicted molar refractivity (Wildman–Crippen MR) is 114 cm³/mol. The number of methoxy groups -OCH3 is 1. The third-order valence-electron chi connectivity index (χ3n) is 7.49. The molecule has 0 heterocycles. The van der Waals surface area contributed by atoms with Crippen LogP contribution in [0.1, 0.15) is 51.2 Å². The van der Waals surface area contributed by atoms with Gasteiger partial charge < -0.3 is 14.3 Å². The van der Waals surface area contributed by atoms with Crippen LogP contribution in [0.15, 0.2) is 18.2 Å². The summed E-state index contributed by atoms with van der Waals surface area (Å²) < 4.78 is 12.6. The molecular weight excluding hydrogens is 352 g/mol. The highest BCUT2D eigenvalue weighted by Gasteiger charge is 2.49. The number of ether oxygens (including phenoxy) is 1. The maximum atomic E-state index is 9.45. The summed E-state index contributed by atoms with van der Waals surface area (Å²) in [5, 5.41) is 9.68. The monoisotopic (exact) mass is 390 g/mol. The Morgan fingerprint density at radius 2 is 1.93 bits per heavy atom. The molecule has 2 aliphatic rings. The lowest BCUT2D eigenvalue weighted by atomic mass is 9.73. The lowest BCUT2D eigenvalue weighted by Crippen LogP contribution is -2.45. The van der Waals surface area contributed by atoms with Crippen LogP contribution in [0.5, 0.6) is 5.75 Å². The van der Waals surface area contributed by atoms with Crippen LogP contribution < -0.4 is 4.74 Å². The second-order valence-electron chi connectivity index (χ2n) is 10.1. The molecule has 0 bridgehead atoms. The fourth-order valence-electron chi connectivity index (χ4n) is 4.99. The summed E-state index contributed by atoms with van der Waals surface area (Å²) in [6.07, 6.45) is 5.70. The summed E-state index contributed by atoms with van der Waals surface area (Å²) >= 11 is 0. The van der Waals surface area contributed by atoms with E-state index in [1.54, 1.807) is 7.11 Å². The lowest BCUT2D eigenvalue weighted by Gasteiger charge is -2.40. The molecule has 0 spiro atoms. The highest BCUT2D eigenvalue weighted by molar-refractivity contribution is 6.74. The molecule has 1 saturated carbocycles. The Balaban J connectivity index is 1.85. The van der Waals surface area contributed by atoms with Crippen LogP contribution in [0.4, 0.5) is 0 Å². The molecule has 0 unspecified atom stereocenters. The number of aliphatic hydroxyl groups is 1. The van der Waals surface area contributed by atoms with Gasteiger partial charge in [0, 0.05) is 12.7 Å². The highest BCUT2D eigenvalue weighted by atomic mass is 28.4. The number of benzene rings is 1. The zero-order chi connectivity index (χ0) is 19.8. The minimum Gasteiger partial charge on any atom is -0.496 e. The summed E-state index contributed by atoms with van der Waals surface area (Å²) in [4.78, 5) is 0. The molecule has 1 aromatic rings. The zero-order valence-electron chi connectivity index (χ0n) is 18.0. The maximum absolute atomic E-state index is 9.45. The SMILES string of the molecule is COc1cccc2c1C[C@H]1C[C@@H](O[Si](C)(C)C(C)(C)C)[C@H](CCCO)[C@H]1C2. The minimum atomic E-state index is -1.80. The quantitative estimate of drug-likeness (QED) is 0.678. The van der Waals surface area contributed by atoms with Crippen molar-refractivity contribution in [2.24, 2.45) is 17.8 Å². The molecule has 0 aliphatic heterocycles. The van der Waals surface area contributed by atoms with Gasteiger partial charge in [0.1, 0.15) is 5.75 Å². The van der Waals surface area contributed by atoms with Crippen LogP contribution >= 0.6 is 0 Å². The van der Waals surface area contributed by atoms with Gasteiger partial charge in [-0.25, -0.2) is 0 Å². The first-order valence-corrected chi connectivity index (χ1v) is 13.5. The number of aliphatic hydroxyl groups excluding tert-OH is 1. The molecule has 1 N–H and O–H groups in total. The van der Waals surface area contributed by atoms with Crippen molar-refractivity contribution >= 4 is 8.32 Å². The Morgan fingerprint density at radius 1 is 1.19 bits per heavy atom. The Morgan fingerprint density at radius 3 is 2.56 bits per heavy atom. The van der Waals surface area contributed by atoms with E-state index in [2.05, 4.69) is 52.1 Å². The number of rotatable bonds is 6. The molecule has 0 radical (unpaired) electrons. The summed E-state index contributed by atoms with van der Waals surface area (Å²) in [7, 11) is -0.0185. The van der Waals surface area contributed by atoms with E-state index >= 15 is 0 Å². The average molecular weight is 391 g/mol. The van der Waals surface area contributed by atoms with Gasteiger partial charge in [0.15, 0.2) is 8.32 Å². The molecule has 0 amide bonds. The van der Waals surface area contributed by atoms with Gasteiger partial charge in [-0.05, 0) is 85.2 Å². The van der Waals surface area contributed by atoms with Gasteiger partial charge in [0.25, 0.3) is 0 Å². The van der Waals surface area contributed by atoms with Gasteiger partial charge in [-0.15, -0.1) is 0 Å². The summed E-state index contributed by atoms with van der Waals surface area (Å²) in [5.41, 5.74) is 2.87. The van der Waals surface area contributed by atoms with Crippen molar-refractivity contribution in [3.63, 3.8) is 0 Å². The van der Waals surface area contributed by atoms with Crippen molar-refractivity contribution in [2.75, 3.05) is 13.7 Å². The molecule has 27 heavy (non-hydrogen) atoms. The first-order chi connectivity index (χ1) is 12.7. The number of fused-ring (bicyclic) bond motifs is 2. The zero-order valence-corrected chi connectivity index (χ0v) is 19.0. The molecule has 0 saturated heterocycles. The van der Waals surface area contributed by atoms with Gasteiger partial charge >= 0.3 is 0 Å². The van der Waals surface area contributed by atoms with Gasteiger partial charge in [-0.2, -0.15) is 0 Å². The molecule has 4 atom stereocenters. The van der Waals surface area contributed by atoms with E-state index in [1.165, 1.54) is 11.1 Å². The largest absolute Gasteiger partial charge is 0.496 e. The van der Waals surface area contributed by atoms with Crippen LogP contribution in [0.2, 0.25) is 18.1 Å². The maximum Gasteiger partial charge on any atom is 0.192 e. The van der Waals surface area contributed by atoms with Crippen molar-refractivity contribution in [3.05, 3.63) is 29.3 Å². The van der Waals surface area contributed by atoms with E-state index in [-0.39, 0.29) is 11.6 Å². The van der Waals surface area contributed by atoms with Crippen LogP contribution in [0, 0.1) is 17.8 Å². The van der Waals surface area contributed by atoms with Crippen molar-refractivity contribution in [2.45, 2.75) is 77.1 Å². The Bertz CT molecular complexity index is 650. The average Bonchev–Trinajstić information content (AvgIpc) is 2.91. The van der Waals surface area contributed by atoms with E-state index in [0.717, 1.165) is 37.9 Å². The topological polar surface area (TPSA) is 38.7 Å². The number of hydrogen-bond donors (Lipinski definition) is 1. The van der Waals surface area contributed by atoms with Crippen LogP contribution in [-0.4, -0.2) is 33.2 Å². The molecule has 1 fully saturated rings. The third-order valence-corrected chi connectivity index (χ3v) is 12.0. The van der Waals surface area contributed by atoms with E-state index in [9.17, 15) is 5.11 Å². The fraction of sp³-hybridized carbons (Fsp3) is 0.739. The van der Waals surface area contributed by atoms with Crippen LogP contribution in [-0.2, 0) is 17.3 Å².